The second kappa shape index (κ2) is 69.3. The molecular weight excluding hydrogens is 975 g/mol. The third-order valence-electron chi connectivity index (χ3n) is 14.5. The van der Waals surface area contributed by atoms with Crippen molar-refractivity contribution < 1.29 is 15.0 Å². The maximum Gasteiger partial charge on any atom is 0.220 e. The standard InChI is InChI=1S/C76H127NO3/c1-3-5-7-9-11-13-15-17-19-21-23-25-27-29-31-32-33-34-35-36-37-38-39-40-41-42-43-44-46-48-50-52-54-56-58-60-62-64-66-68-70-72-76(80)77-74(73-78)75(79)71-69-67-65-63-61-59-57-55-53-51-49-47-45-30-28-26-24-22-20-18-16-14-12-10-8-6-4-2/h5,7,11,13,17,19,23,25,29,31,33-34,36-37,39-40,42-43,46,48,52,54,61,63,69,71,74-75,78-79H,3-4,6,8-10,12,14-16,18,20-22,24,26-28,30,32,35,38,41,44-45,47,49-51,53,55-60,62,64-68,70,72-73H2,1-2H3,(H,77,80)/b7-5-,13-11-,19-17-,25-23-,31-29-,34-33-,37-36-,40-39-,43-42-,48-46-,54-52-,63-61+,71-69+. The van der Waals surface area contributed by atoms with Gasteiger partial charge in [-0.3, -0.25) is 4.79 Å². The maximum absolute atomic E-state index is 12.5. The Morgan fingerprint density at radius 3 is 0.875 bits per heavy atom. The van der Waals surface area contributed by atoms with Crippen LogP contribution in [0.2, 0.25) is 0 Å². The summed E-state index contributed by atoms with van der Waals surface area (Å²) in [5.41, 5.74) is 0. The normalized spacial score (nSPS) is 13.8. The first kappa shape index (κ1) is 76.0. The number of carbonyl (C=O) groups excluding carboxylic acids is 1. The molecule has 0 aliphatic carbocycles. The van der Waals surface area contributed by atoms with Crippen molar-refractivity contribution in [3.63, 3.8) is 0 Å². The third kappa shape index (κ3) is 64.8. The van der Waals surface area contributed by atoms with Gasteiger partial charge in [0, 0.05) is 6.42 Å². The van der Waals surface area contributed by atoms with Crippen LogP contribution in [0.25, 0.3) is 0 Å². The fraction of sp³-hybridized carbons (Fsp3) is 0.645. The molecule has 0 heterocycles. The Morgan fingerprint density at radius 1 is 0.312 bits per heavy atom. The minimum Gasteiger partial charge on any atom is -0.394 e. The molecule has 3 N–H and O–H groups in total. The zero-order valence-electron chi connectivity index (χ0n) is 52.3. The van der Waals surface area contributed by atoms with E-state index in [1.807, 2.05) is 6.08 Å². The van der Waals surface area contributed by atoms with Gasteiger partial charge in [-0.2, -0.15) is 0 Å². The highest BCUT2D eigenvalue weighted by atomic mass is 16.3. The monoisotopic (exact) mass is 1100 g/mol. The first-order valence-electron chi connectivity index (χ1n) is 33.7. The number of hydrogen-bond acceptors (Lipinski definition) is 3. The van der Waals surface area contributed by atoms with Gasteiger partial charge in [-0.15, -0.1) is 0 Å². The number of carbonyl (C=O) groups is 1. The number of amides is 1. The van der Waals surface area contributed by atoms with Crippen molar-refractivity contribution >= 4 is 5.91 Å². The van der Waals surface area contributed by atoms with Gasteiger partial charge in [-0.05, 0) is 116 Å². The van der Waals surface area contributed by atoms with E-state index in [2.05, 4.69) is 165 Å². The highest BCUT2D eigenvalue weighted by Crippen LogP contribution is 2.16. The molecule has 4 heteroatoms. The van der Waals surface area contributed by atoms with E-state index < -0.39 is 12.1 Å². The lowest BCUT2D eigenvalue weighted by molar-refractivity contribution is -0.123. The van der Waals surface area contributed by atoms with Crippen molar-refractivity contribution in [3.8, 4) is 0 Å². The van der Waals surface area contributed by atoms with E-state index >= 15 is 0 Å². The van der Waals surface area contributed by atoms with Crippen molar-refractivity contribution in [2.45, 2.75) is 309 Å². The van der Waals surface area contributed by atoms with Crippen LogP contribution in [0.15, 0.2) is 158 Å². The molecule has 0 aliphatic heterocycles. The van der Waals surface area contributed by atoms with E-state index in [4.69, 9.17) is 0 Å². The Labute approximate surface area is 496 Å². The van der Waals surface area contributed by atoms with Crippen LogP contribution >= 0.6 is 0 Å². The molecule has 0 aliphatic rings. The number of nitrogens with one attached hydrogen (secondary N) is 1. The zero-order chi connectivity index (χ0) is 57.6. The lowest BCUT2D eigenvalue weighted by Gasteiger charge is -2.19. The SMILES string of the molecule is CC/C=C\C/C=C\C/C=C\C/C=C\C/C=C\C/C=C\C/C=C\C/C=C\C/C=C\C/C=C\C/C=C\CCCCCCCCCC(=O)NC(CO)C(O)/C=C/CC/C=C/CCCCCCCCCCCCCCCCCCCCCCC. The summed E-state index contributed by atoms with van der Waals surface area (Å²) < 4.78 is 0. The largest absolute Gasteiger partial charge is 0.394 e. The number of hydrogen-bond donors (Lipinski definition) is 3. The molecule has 0 saturated heterocycles. The quantitative estimate of drug-likeness (QED) is 0.0420. The van der Waals surface area contributed by atoms with Crippen LogP contribution < -0.4 is 5.32 Å². The minimum atomic E-state index is -0.880. The number of rotatable bonds is 60. The molecule has 0 radical (unpaired) electrons. The fourth-order valence-corrected chi connectivity index (χ4v) is 9.44. The Bertz CT molecular complexity index is 1680. The summed E-state index contributed by atoms with van der Waals surface area (Å²) in [5, 5.41) is 23.2. The summed E-state index contributed by atoms with van der Waals surface area (Å²) in [6.07, 6.45) is 110. The Hall–Kier alpha value is -3.99. The van der Waals surface area contributed by atoms with E-state index in [9.17, 15) is 15.0 Å². The molecule has 0 rings (SSSR count). The molecule has 454 valence electrons. The summed E-state index contributed by atoms with van der Waals surface area (Å²) in [5.74, 6) is -0.0889. The summed E-state index contributed by atoms with van der Waals surface area (Å²) in [6.45, 7) is 4.19. The first-order chi connectivity index (χ1) is 39.7. The van der Waals surface area contributed by atoms with Crippen LogP contribution in [0.1, 0.15) is 296 Å². The number of aliphatic hydroxyl groups excluding tert-OH is 2. The summed E-state index contributed by atoms with van der Waals surface area (Å²) in [4.78, 5) is 12.5. The van der Waals surface area contributed by atoms with Gasteiger partial charge in [-0.1, -0.05) is 332 Å². The van der Waals surface area contributed by atoms with Crippen LogP contribution in [-0.2, 0) is 4.79 Å². The lowest BCUT2D eigenvalue weighted by atomic mass is 10.0. The predicted octanol–water partition coefficient (Wildman–Crippen LogP) is 23.3. The third-order valence-corrected chi connectivity index (χ3v) is 14.5. The molecule has 0 saturated carbocycles. The molecule has 0 spiro atoms. The van der Waals surface area contributed by atoms with E-state index in [1.165, 1.54) is 161 Å². The van der Waals surface area contributed by atoms with Crippen molar-refractivity contribution in [2.24, 2.45) is 0 Å². The minimum absolute atomic E-state index is 0.0889. The van der Waals surface area contributed by atoms with E-state index in [0.717, 1.165) is 116 Å². The molecule has 4 nitrogen and oxygen atoms in total. The average Bonchev–Trinajstić information content (AvgIpc) is 3.46. The second-order valence-electron chi connectivity index (χ2n) is 22.1. The molecule has 0 bridgehead atoms. The Kier molecular flexibility index (Phi) is 65.8. The van der Waals surface area contributed by atoms with Crippen LogP contribution in [0.5, 0.6) is 0 Å². The molecule has 0 aromatic carbocycles. The Balaban J connectivity index is 3.64. The van der Waals surface area contributed by atoms with Gasteiger partial charge in [0.05, 0.1) is 18.8 Å². The van der Waals surface area contributed by atoms with Gasteiger partial charge < -0.3 is 15.5 Å². The lowest BCUT2D eigenvalue weighted by Crippen LogP contribution is -2.45. The van der Waals surface area contributed by atoms with E-state index in [0.29, 0.717) is 6.42 Å². The molecule has 2 atom stereocenters. The topological polar surface area (TPSA) is 69.6 Å². The van der Waals surface area contributed by atoms with Crippen LogP contribution in [0.4, 0.5) is 0 Å². The number of unbranched alkanes of at least 4 members (excludes halogenated alkanes) is 29. The summed E-state index contributed by atoms with van der Waals surface area (Å²) in [7, 11) is 0. The van der Waals surface area contributed by atoms with Gasteiger partial charge in [0.15, 0.2) is 0 Å². The zero-order valence-corrected chi connectivity index (χ0v) is 52.3. The van der Waals surface area contributed by atoms with Gasteiger partial charge >= 0.3 is 0 Å². The summed E-state index contributed by atoms with van der Waals surface area (Å²) in [6, 6.07) is -0.658. The predicted molar refractivity (Wildman–Crippen MR) is 358 cm³/mol. The van der Waals surface area contributed by atoms with Crippen molar-refractivity contribution in [1.29, 1.82) is 0 Å². The van der Waals surface area contributed by atoms with Gasteiger partial charge in [0.2, 0.25) is 5.91 Å². The molecular formula is C76H127NO3. The van der Waals surface area contributed by atoms with Gasteiger partial charge in [0.25, 0.3) is 0 Å². The van der Waals surface area contributed by atoms with Gasteiger partial charge in [-0.25, -0.2) is 0 Å². The fourth-order valence-electron chi connectivity index (χ4n) is 9.44. The highest BCUT2D eigenvalue weighted by Gasteiger charge is 2.18. The second-order valence-corrected chi connectivity index (χ2v) is 22.1. The average molecular weight is 1100 g/mol. The van der Waals surface area contributed by atoms with Gasteiger partial charge in [0.1, 0.15) is 0 Å². The number of allylic oxidation sites excluding steroid dienone is 25. The van der Waals surface area contributed by atoms with Crippen LogP contribution in [-0.4, -0.2) is 34.9 Å². The summed E-state index contributed by atoms with van der Waals surface area (Å²) >= 11 is 0. The molecule has 0 aromatic heterocycles. The van der Waals surface area contributed by atoms with Crippen LogP contribution in [0.3, 0.4) is 0 Å². The van der Waals surface area contributed by atoms with Crippen molar-refractivity contribution in [2.75, 3.05) is 6.61 Å². The number of aliphatic hydroxyl groups is 2. The maximum atomic E-state index is 12.5. The molecule has 1 amide bonds. The molecule has 80 heavy (non-hydrogen) atoms. The molecule has 0 aromatic rings. The smallest absolute Gasteiger partial charge is 0.220 e. The first-order valence-corrected chi connectivity index (χ1v) is 33.7. The van der Waals surface area contributed by atoms with E-state index in [-0.39, 0.29) is 12.5 Å². The van der Waals surface area contributed by atoms with Crippen molar-refractivity contribution in [1.82, 2.24) is 5.32 Å². The highest BCUT2D eigenvalue weighted by molar-refractivity contribution is 5.76. The molecule has 2 unspecified atom stereocenters. The van der Waals surface area contributed by atoms with E-state index in [1.54, 1.807) is 6.08 Å². The Morgan fingerprint density at radius 2 is 0.562 bits per heavy atom. The van der Waals surface area contributed by atoms with Crippen LogP contribution in [0, 0.1) is 0 Å². The molecule has 0 fully saturated rings. The van der Waals surface area contributed by atoms with Crippen molar-refractivity contribution in [3.05, 3.63) is 158 Å².